The summed E-state index contributed by atoms with van der Waals surface area (Å²) in [6.45, 7) is 3.33. The van der Waals surface area contributed by atoms with E-state index in [-0.39, 0.29) is 0 Å². The van der Waals surface area contributed by atoms with E-state index in [0.29, 0.717) is 12.0 Å². The predicted octanol–water partition coefficient (Wildman–Crippen LogP) is 3.31. The van der Waals surface area contributed by atoms with Crippen LogP contribution < -0.4 is 4.74 Å². The summed E-state index contributed by atoms with van der Waals surface area (Å²) in [4.78, 5) is 7.09. The summed E-state index contributed by atoms with van der Waals surface area (Å²) in [6.07, 6.45) is 4.24. The molecule has 0 spiro atoms. The second kappa shape index (κ2) is 7.54. The first kappa shape index (κ1) is 16.5. The molecule has 0 saturated carbocycles. The minimum Gasteiger partial charge on any atom is -0.496 e. The maximum absolute atomic E-state index is 5.55. The Labute approximate surface area is 148 Å². The predicted molar refractivity (Wildman–Crippen MR) is 92.5 cm³/mol. The van der Waals surface area contributed by atoms with Crippen LogP contribution in [0.4, 0.5) is 0 Å². The van der Waals surface area contributed by atoms with Crippen LogP contribution in [0.2, 0.25) is 0 Å². The molecule has 2 fully saturated rings. The van der Waals surface area contributed by atoms with Crippen LogP contribution >= 0.6 is 0 Å². The van der Waals surface area contributed by atoms with E-state index in [9.17, 15) is 0 Å². The zero-order valence-corrected chi connectivity index (χ0v) is 14.7. The molecule has 0 N–H and O–H groups in total. The van der Waals surface area contributed by atoms with Gasteiger partial charge in [0.1, 0.15) is 5.75 Å². The first-order valence-corrected chi connectivity index (χ1v) is 9.12. The standard InChI is InChI=1S/C19H25N3O3/c1-23-17-7-3-2-5-15(17)16-6-4-10-22(16)13-18-20-19(25-21-18)14-8-11-24-12-9-14/h2-3,5,7,14,16H,4,6,8-13H2,1H3. The molecule has 3 heterocycles. The maximum Gasteiger partial charge on any atom is 0.229 e. The van der Waals surface area contributed by atoms with Crippen LogP contribution in [-0.4, -0.2) is 41.9 Å². The number of benzene rings is 1. The fourth-order valence-corrected chi connectivity index (χ4v) is 3.93. The van der Waals surface area contributed by atoms with Crippen LogP contribution in [0, 0.1) is 0 Å². The third-order valence-corrected chi connectivity index (χ3v) is 5.26. The maximum atomic E-state index is 5.55. The van der Waals surface area contributed by atoms with Crippen molar-refractivity contribution in [1.29, 1.82) is 0 Å². The van der Waals surface area contributed by atoms with Crippen molar-refractivity contribution in [2.24, 2.45) is 0 Å². The van der Waals surface area contributed by atoms with Gasteiger partial charge in [0.2, 0.25) is 5.89 Å². The number of para-hydroxylation sites is 1. The highest BCUT2D eigenvalue weighted by Gasteiger charge is 2.30. The number of ether oxygens (including phenoxy) is 2. The summed E-state index contributed by atoms with van der Waals surface area (Å²) in [7, 11) is 1.73. The largest absolute Gasteiger partial charge is 0.496 e. The molecular weight excluding hydrogens is 318 g/mol. The molecule has 2 saturated heterocycles. The molecule has 4 rings (SSSR count). The topological polar surface area (TPSA) is 60.6 Å². The molecule has 1 unspecified atom stereocenters. The summed E-state index contributed by atoms with van der Waals surface area (Å²) in [5.41, 5.74) is 1.25. The van der Waals surface area contributed by atoms with Crippen molar-refractivity contribution in [2.45, 2.75) is 44.2 Å². The van der Waals surface area contributed by atoms with Crippen LogP contribution in [0.25, 0.3) is 0 Å². The molecule has 0 aliphatic carbocycles. The summed E-state index contributed by atoms with van der Waals surface area (Å²) in [5, 5.41) is 4.23. The molecule has 1 aromatic carbocycles. The molecule has 0 amide bonds. The molecular formula is C19H25N3O3. The highest BCUT2D eigenvalue weighted by Crippen LogP contribution is 2.37. The Morgan fingerprint density at radius 3 is 2.88 bits per heavy atom. The molecule has 6 nitrogen and oxygen atoms in total. The van der Waals surface area contributed by atoms with Crippen molar-refractivity contribution in [3.63, 3.8) is 0 Å². The van der Waals surface area contributed by atoms with E-state index in [4.69, 9.17) is 14.0 Å². The lowest BCUT2D eigenvalue weighted by molar-refractivity contribution is 0.0778. The number of hydrogen-bond acceptors (Lipinski definition) is 6. The van der Waals surface area contributed by atoms with Crippen molar-refractivity contribution < 1.29 is 14.0 Å². The van der Waals surface area contributed by atoms with Gasteiger partial charge < -0.3 is 14.0 Å². The third kappa shape index (κ3) is 3.55. The SMILES string of the molecule is COc1ccccc1C1CCCN1Cc1noc(C2CCOCC2)n1. The van der Waals surface area contributed by atoms with Crippen LogP contribution in [0.1, 0.15) is 54.9 Å². The first-order chi connectivity index (χ1) is 12.3. The van der Waals surface area contributed by atoms with Gasteiger partial charge in [0.25, 0.3) is 0 Å². The molecule has 1 atom stereocenters. The van der Waals surface area contributed by atoms with E-state index in [1.54, 1.807) is 7.11 Å². The van der Waals surface area contributed by atoms with Gasteiger partial charge in [-0.25, -0.2) is 0 Å². The number of aromatic nitrogens is 2. The lowest BCUT2D eigenvalue weighted by Crippen LogP contribution is -2.24. The first-order valence-electron chi connectivity index (χ1n) is 9.12. The Balaban J connectivity index is 1.47. The normalized spacial score (nSPS) is 22.4. The molecule has 1 aromatic heterocycles. The van der Waals surface area contributed by atoms with Gasteiger partial charge in [0.05, 0.1) is 13.7 Å². The minimum absolute atomic E-state index is 0.346. The smallest absolute Gasteiger partial charge is 0.229 e. The average molecular weight is 343 g/mol. The lowest BCUT2D eigenvalue weighted by Gasteiger charge is -2.24. The fraction of sp³-hybridized carbons (Fsp3) is 0.579. The van der Waals surface area contributed by atoms with E-state index in [1.165, 1.54) is 12.0 Å². The van der Waals surface area contributed by atoms with Gasteiger partial charge in [0.15, 0.2) is 5.82 Å². The number of methoxy groups -OCH3 is 1. The summed E-state index contributed by atoms with van der Waals surface area (Å²) in [6, 6.07) is 8.63. The van der Waals surface area contributed by atoms with Gasteiger partial charge in [-0.1, -0.05) is 23.4 Å². The number of likely N-dealkylation sites (tertiary alicyclic amines) is 1. The van der Waals surface area contributed by atoms with E-state index >= 15 is 0 Å². The van der Waals surface area contributed by atoms with Gasteiger partial charge in [-0.2, -0.15) is 4.98 Å². The molecule has 2 aliphatic rings. The van der Waals surface area contributed by atoms with E-state index in [2.05, 4.69) is 27.2 Å². The Morgan fingerprint density at radius 1 is 1.20 bits per heavy atom. The average Bonchev–Trinajstić information content (AvgIpc) is 3.32. The lowest BCUT2D eigenvalue weighted by atomic mass is 10.0. The van der Waals surface area contributed by atoms with Crippen LogP contribution in [0.5, 0.6) is 5.75 Å². The molecule has 25 heavy (non-hydrogen) atoms. The number of nitrogens with zero attached hydrogens (tertiary/aromatic N) is 3. The minimum atomic E-state index is 0.346. The van der Waals surface area contributed by atoms with Crippen molar-refractivity contribution in [2.75, 3.05) is 26.9 Å². The zero-order chi connectivity index (χ0) is 17.1. The van der Waals surface area contributed by atoms with E-state index < -0.39 is 0 Å². The molecule has 6 heteroatoms. The number of hydrogen-bond donors (Lipinski definition) is 0. The number of rotatable bonds is 5. The van der Waals surface area contributed by atoms with Gasteiger partial charge in [-0.05, 0) is 38.3 Å². The Kier molecular flexibility index (Phi) is 4.99. The fourth-order valence-electron chi connectivity index (χ4n) is 3.93. The van der Waals surface area contributed by atoms with Crippen molar-refractivity contribution in [3.8, 4) is 5.75 Å². The van der Waals surface area contributed by atoms with Crippen LogP contribution in [0.3, 0.4) is 0 Å². The quantitative estimate of drug-likeness (QED) is 0.830. The molecule has 2 aromatic rings. The van der Waals surface area contributed by atoms with Gasteiger partial charge in [-0.15, -0.1) is 0 Å². The second-order valence-electron chi connectivity index (χ2n) is 6.81. The van der Waals surface area contributed by atoms with E-state index in [0.717, 1.165) is 63.0 Å². The zero-order valence-electron chi connectivity index (χ0n) is 14.7. The van der Waals surface area contributed by atoms with Crippen molar-refractivity contribution >= 4 is 0 Å². The van der Waals surface area contributed by atoms with Crippen LogP contribution in [-0.2, 0) is 11.3 Å². The Hall–Kier alpha value is -1.92. The van der Waals surface area contributed by atoms with Crippen LogP contribution in [0.15, 0.2) is 28.8 Å². The van der Waals surface area contributed by atoms with Gasteiger partial charge >= 0.3 is 0 Å². The van der Waals surface area contributed by atoms with Crippen molar-refractivity contribution in [1.82, 2.24) is 15.0 Å². The molecule has 0 radical (unpaired) electrons. The second-order valence-corrected chi connectivity index (χ2v) is 6.81. The molecule has 2 aliphatic heterocycles. The summed E-state index contributed by atoms with van der Waals surface area (Å²) >= 11 is 0. The third-order valence-electron chi connectivity index (χ3n) is 5.26. The Bertz CT molecular complexity index is 697. The monoisotopic (exact) mass is 343 g/mol. The summed E-state index contributed by atoms with van der Waals surface area (Å²) < 4.78 is 16.5. The molecule has 0 bridgehead atoms. The molecule has 134 valence electrons. The summed E-state index contributed by atoms with van der Waals surface area (Å²) in [5.74, 6) is 2.85. The van der Waals surface area contributed by atoms with Gasteiger partial charge in [0, 0.05) is 30.7 Å². The highest BCUT2D eigenvalue weighted by molar-refractivity contribution is 5.36. The van der Waals surface area contributed by atoms with E-state index in [1.807, 2.05) is 12.1 Å². The Morgan fingerprint density at radius 2 is 2.04 bits per heavy atom. The van der Waals surface area contributed by atoms with Crippen molar-refractivity contribution in [3.05, 3.63) is 41.5 Å². The van der Waals surface area contributed by atoms with Gasteiger partial charge in [-0.3, -0.25) is 4.90 Å². The highest BCUT2D eigenvalue weighted by atomic mass is 16.5.